The molecule has 1 saturated heterocycles. The summed E-state index contributed by atoms with van der Waals surface area (Å²) in [6.07, 6.45) is -1.39. The molecule has 0 aliphatic carbocycles. The quantitative estimate of drug-likeness (QED) is 0.442. The van der Waals surface area contributed by atoms with E-state index in [1.807, 2.05) is 42.5 Å². The van der Waals surface area contributed by atoms with Crippen LogP contribution in [0.1, 0.15) is 39.8 Å². The molecule has 0 radical (unpaired) electrons. The lowest BCUT2D eigenvalue weighted by Gasteiger charge is -2.28. The normalized spacial score (nSPS) is 17.4. The number of thiophene rings is 1. The van der Waals surface area contributed by atoms with Gasteiger partial charge in [-0.05, 0) is 48.2 Å². The zero-order valence-corrected chi connectivity index (χ0v) is 20.1. The second-order valence-corrected chi connectivity index (χ2v) is 10.1. The highest BCUT2D eigenvalue weighted by Gasteiger charge is 2.38. The highest BCUT2D eigenvalue weighted by molar-refractivity contribution is 7.12. The van der Waals surface area contributed by atoms with Crippen LogP contribution in [0.5, 0.6) is 0 Å². The number of aliphatic hydroxyl groups excluding tert-OH is 2. The van der Waals surface area contributed by atoms with Crippen molar-refractivity contribution in [1.29, 1.82) is 0 Å². The van der Waals surface area contributed by atoms with E-state index in [1.165, 1.54) is 10.5 Å². The minimum Gasteiger partial charge on any atom is -0.380 e. The van der Waals surface area contributed by atoms with Crippen molar-refractivity contribution in [2.24, 2.45) is 0 Å². The molecule has 4 rings (SSSR count). The van der Waals surface area contributed by atoms with Crippen LogP contribution in [0.3, 0.4) is 0 Å². The Hall–Kier alpha value is -2.71. The Morgan fingerprint density at radius 2 is 1.79 bits per heavy atom. The second kappa shape index (κ2) is 11.1. The third kappa shape index (κ3) is 5.85. The molecule has 2 amide bonds. The van der Waals surface area contributed by atoms with Crippen LogP contribution < -0.4 is 5.32 Å². The number of amides is 2. The Labute approximate surface area is 207 Å². The van der Waals surface area contributed by atoms with E-state index in [-0.39, 0.29) is 12.6 Å². The van der Waals surface area contributed by atoms with Crippen molar-refractivity contribution in [3.63, 3.8) is 0 Å². The molecule has 6 nitrogen and oxygen atoms in total. The van der Waals surface area contributed by atoms with Crippen LogP contribution in [0.15, 0.2) is 66.7 Å². The fourth-order valence-electron chi connectivity index (χ4n) is 4.23. The Balaban J connectivity index is 1.32. The summed E-state index contributed by atoms with van der Waals surface area (Å²) in [5.41, 5.74) is 2.07. The minimum atomic E-state index is -1.85. The molecule has 1 aliphatic rings. The van der Waals surface area contributed by atoms with Crippen LogP contribution >= 0.6 is 22.9 Å². The topological polar surface area (TPSA) is 89.9 Å². The standard InChI is InChI=1S/C26H27ClN2O4S/c27-19-9-4-8-18(15-19)22-10-5-13-29(22)26(33)24(31)23(30)25(32)28-16-21-12-11-20(34-21)14-17-6-2-1-3-7-17/h1-4,6-9,11-12,15,22-24,30-31H,5,10,13-14,16H2,(H,28,32)/t22-,23?,24-/m1/s1. The zero-order valence-electron chi connectivity index (χ0n) is 18.6. The maximum absolute atomic E-state index is 12.9. The Morgan fingerprint density at radius 3 is 2.56 bits per heavy atom. The fraction of sp³-hybridized carbons (Fsp3) is 0.308. The van der Waals surface area contributed by atoms with Crippen molar-refractivity contribution in [2.75, 3.05) is 6.54 Å². The minimum absolute atomic E-state index is 0.213. The summed E-state index contributed by atoms with van der Waals surface area (Å²) in [5, 5.41) is 24.0. The predicted octanol–water partition coefficient (Wildman–Crippen LogP) is 3.69. The Morgan fingerprint density at radius 1 is 1.03 bits per heavy atom. The summed E-state index contributed by atoms with van der Waals surface area (Å²) >= 11 is 7.66. The molecule has 0 spiro atoms. The Kier molecular flexibility index (Phi) is 8.00. The number of nitrogens with one attached hydrogen (secondary N) is 1. The average Bonchev–Trinajstić information content (AvgIpc) is 3.51. The van der Waals surface area contributed by atoms with E-state index >= 15 is 0 Å². The van der Waals surface area contributed by atoms with Crippen molar-refractivity contribution in [1.82, 2.24) is 10.2 Å². The number of carbonyl (C=O) groups excluding carboxylic acids is 2. The van der Waals surface area contributed by atoms with Gasteiger partial charge in [0.2, 0.25) is 0 Å². The number of aliphatic hydroxyl groups is 2. The first-order valence-corrected chi connectivity index (χ1v) is 12.4. The molecule has 1 fully saturated rings. The van der Waals surface area contributed by atoms with Crippen molar-refractivity contribution in [2.45, 2.75) is 44.1 Å². The lowest BCUT2D eigenvalue weighted by molar-refractivity contribution is -0.153. The van der Waals surface area contributed by atoms with Crippen LogP contribution in [0.25, 0.3) is 0 Å². The molecule has 3 atom stereocenters. The highest BCUT2D eigenvalue weighted by atomic mass is 35.5. The molecule has 2 heterocycles. The summed E-state index contributed by atoms with van der Waals surface area (Å²) in [7, 11) is 0. The summed E-state index contributed by atoms with van der Waals surface area (Å²) in [6, 6.07) is 21.0. The third-order valence-electron chi connectivity index (χ3n) is 5.97. The van der Waals surface area contributed by atoms with Crippen LogP contribution in [0.4, 0.5) is 0 Å². The number of likely N-dealkylation sites (tertiary alicyclic amines) is 1. The van der Waals surface area contributed by atoms with Gasteiger partial charge in [0.1, 0.15) is 0 Å². The number of benzene rings is 2. The van der Waals surface area contributed by atoms with E-state index in [1.54, 1.807) is 23.5 Å². The number of carbonyl (C=O) groups is 2. The summed E-state index contributed by atoms with van der Waals surface area (Å²) in [6.45, 7) is 0.659. The smallest absolute Gasteiger partial charge is 0.255 e. The van der Waals surface area contributed by atoms with Crippen LogP contribution in [0.2, 0.25) is 5.02 Å². The molecule has 3 N–H and O–H groups in total. The van der Waals surface area contributed by atoms with E-state index in [0.29, 0.717) is 11.6 Å². The largest absolute Gasteiger partial charge is 0.380 e. The second-order valence-electron chi connectivity index (χ2n) is 8.38. The van der Waals surface area contributed by atoms with E-state index in [0.717, 1.165) is 34.6 Å². The van der Waals surface area contributed by atoms with Gasteiger partial charge in [-0.3, -0.25) is 9.59 Å². The van der Waals surface area contributed by atoms with Crippen molar-refractivity contribution >= 4 is 34.8 Å². The SMILES string of the molecule is O=C(NCc1ccc(Cc2ccccc2)s1)C(O)[C@@H](O)C(=O)N1CCC[C@@H]1c1cccc(Cl)c1. The van der Waals surface area contributed by atoms with Gasteiger partial charge in [0.25, 0.3) is 11.8 Å². The molecular weight excluding hydrogens is 472 g/mol. The van der Waals surface area contributed by atoms with Gasteiger partial charge in [-0.1, -0.05) is 54.1 Å². The number of rotatable bonds is 8. The van der Waals surface area contributed by atoms with Crippen LogP contribution in [0, 0.1) is 0 Å². The first-order chi connectivity index (χ1) is 16.4. The molecule has 0 saturated carbocycles. The number of hydrogen-bond donors (Lipinski definition) is 3. The van der Waals surface area contributed by atoms with E-state index in [9.17, 15) is 19.8 Å². The molecule has 1 unspecified atom stereocenters. The molecule has 8 heteroatoms. The average molecular weight is 499 g/mol. The summed E-state index contributed by atoms with van der Waals surface area (Å²) in [5.74, 6) is -1.44. The van der Waals surface area contributed by atoms with E-state index < -0.39 is 24.0 Å². The summed E-state index contributed by atoms with van der Waals surface area (Å²) < 4.78 is 0. The van der Waals surface area contributed by atoms with Gasteiger partial charge in [0, 0.05) is 27.7 Å². The van der Waals surface area contributed by atoms with Crippen LogP contribution in [-0.2, 0) is 22.6 Å². The summed E-state index contributed by atoms with van der Waals surface area (Å²) in [4.78, 5) is 29.0. The number of hydrogen-bond acceptors (Lipinski definition) is 5. The monoisotopic (exact) mass is 498 g/mol. The van der Waals surface area contributed by atoms with E-state index in [2.05, 4.69) is 17.4 Å². The lowest BCUT2D eigenvalue weighted by Crippen LogP contribution is -2.50. The van der Waals surface area contributed by atoms with Gasteiger partial charge in [0.05, 0.1) is 12.6 Å². The molecule has 1 aromatic heterocycles. The first kappa shape index (κ1) is 24.4. The molecule has 1 aliphatic heterocycles. The molecule has 178 valence electrons. The molecule has 3 aromatic rings. The van der Waals surface area contributed by atoms with Gasteiger partial charge in [-0.25, -0.2) is 0 Å². The van der Waals surface area contributed by atoms with Gasteiger partial charge < -0.3 is 20.4 Å². The number of nitrogens with zero attached hydrogens (tertiary/aromatic N) is 1. The van der Waals surface area contributed by atoms with Crippen LogP contribution in [-0.4, -0.2) is 45.7 Å². The molecule has 34 heavy (non-hydrogen) atoms. The maximum Gasteiger partial charge on any atom is 0.255 e. The van der Waals surface area contributed by atoms with Gasteiger partial charge in [-0.2, -0.15) is 0 Å². The molecule has 2 aromatic carbocycles. The van der Waals surface area contributed by atoms with Gasteiger partial charge in [-0.15, -0.1) is 11.3 Å². The lowest BCUT2D eigenvalue weighted by atomic mass is 10.0. The zero-order chi connectivity index (χ0) is 24.1. The fourth-order valence-corrected chi connectivity index (χ4v) is 5.42. The van der Waals surface area contributed by atoms with Crippen molar-refractivity contribution in [3.05, 3.63) is 92.6 Å². The predicted molar refractivity (Wildman–Crippen MR) is 133 cm³/mol. The van der Waals surface area contributed by atoms with Crippen molar-refractivity contribution < 1.29 is 19.8 Å². The Bertz CT molecular complexity index is 1140. The van der Waals surface area contributed by atoms with Gasteiger partial charge >= 0.3 is 0 Å². The maximum atomic E-state index is 12.9. The highest BCUT2D eigenvalue weighted by Crippen LogP contribution is 2.33. The van der Waals surface area contributed by atoms with Crippen molar-refractivity contribution in [3.8, 4) is 0 Å². The molecular formula is C26H27ClN2O4S. The third-order valence-corrected chi connectivity index (χ3v) is 7.29. The van der Waals surface area contributed by atoms with Gasteiger partial charge in [0.15, 0.2) is 12.2 Å². The molecule has 0 bridgehead atoms. The first-order valence-electron chi connectivity index (χ1n) is 11.2. The number of halogens is 1. The van der Waals surface area contributed by atoms with E-state index in [4.69, 9.17) is 11.6 Å².